The quantitative estimate of drug-likeness (QED) is 0.906. The molecule has 1 amide bonds. The Kier molecular flexibility index (Phi) is 4.87. The van der Waals surface area contributed by atoms with Crippen molar-refractivity contribution in [2.75, 3.05) is 6.54 Å². The Hall–Kier alpha value is -2.25. The zero-order chi connectivity index (χ0) is 18.0. The molecule has 0 spiro atoms. The Morgan fingerprint density at radius 1 is 1.12 bits per heavy atom. The summed E-state index contributed by atoms with van der Waals surface area (Å²) in [6.45, 7) is 2.54. The fourth-order valence-corrected chi connectivity index (χ4v) is 4.12. The molecule has 2 aromatic rings. The van der Waals surface area contributed by atoms with Crippen molar-refractivity contribution >= 4 is 15.9 Å². The molecule has 0 radical (unpaired) electrons. The maximum atomic E-state index is 13.0. The molecule has 132 valence electrons. The van der Waals surface area contributed by atoms with E-state index in [4.69, 9.17) is 0 Å². The number of amides is 1. The van der Waals surface area contributed by atoms with Crippen molar-refractivity contribution in [1.82, 2.24) is 9.62 Å². The van der Waals surface area contributed by atoms with E-state index >= 15 is 0 Å². The number of nitrogens with zero attached hydrogens (tertiary/aromatic N) is 1. The van der Waals surface area contributed by atoms with Gasteiger partial charge >= 0.3 is 0 Å². The van der Waals surface area contributed by atoms with Gasteiger partial charge in [-0.1, -0.05) is 24.3 Å². The molecule has 1 heterocycles. The molecule has 2 aromatic carbocycles. The summed E-state index contributed by atoms with van der Waals surface area (Å²) in [5, 5.41) is 0. The molecule has 1 aliphatic rings. The van der Waals surface area contributed by atoms with E-state index in [1.165, 1.54) is 24.6 Å². The smallest absolute Gasteiger partial charge is 0.241 e. The summed E-state index contributed by atoms with van der Waals surface area (Å²) in [4.78, 5) is 14.2. The number of sulfonamides is 1. The standard InChI is InChI=1S/C18H19FN2O3S/c1-13(20-25(23,24)17-8-6-16(19)7-9-17)18(22)21-11-10-14-4-2-3-5-15(14)12-21/h2-9,13,20H,10-12H2,1H3/t13-/m1/s1. The number of fused-ring (bicyclic) bond motifs is 1. The van der Waals surface area contributed by atoms with Gasteiger partial charge in [0.25, 0.3) is 0 Å². The molecule has 3 rings (SSSR count). The first-order valence-electron chi connectivity index (χ1n) is 8.00. The Morgan fingerprint density at radius 3 is 2.44 bits per heavy atom. The minimum atomic E-state index is -3.88. The van der Waals surface area contributed by atoms with Gasteiger partial charge in [0.2, 0.25) is 15.9 Å². The second-order valence-electron chi connectivity index (χ2n) is 6.08. The highest BCUT2D eigenvalue weighted by molar-refractivity contribution is 7.89. The van der Waals surface area contributed by atoms with Crippen molar-refractivity contribution in [1.29, 1.82) is 0 Å². The van der Waals surface area contributed by atoms with Crippen LogP contribution < -0.4 is 4.72 Å². The lowest BCUT2D eigenvalue weighted by atomic mass is 9.99. The number of hydrogen-bond acceptors (Lipinski definition) is 3. The van der Waals surface area contributed by atoms with E-state index in [0.717, 1.165) is 24.1 Å². The van der Waals surface area contributed by atoms with E-state index in [2.05, 4.69) is 4.72 Å². The normalized spacial score (nSPS) is 15.5. The molecule has 0 aliphatic carbocycles. The van der Waals surface area contributed by atoms with Crippen LogP contribution in [0.15, 0.2) is 53.4 Å². The van der Waals surface area contributed by atoms with E-state index in [0.29, 0.717) is 13.1 Å². The van der Waals surface area contributed by atoms with Crippen LogP contribution in [0.4, 0.5) is 4.39 Å². The number of hydrogen-bond donors (Lipinski definition) is 1. The Morgan fingerprint density at radius 2 is 1.76 bits per heavy atom. The molecular weight excluding hydrogens is 343 g/mol. The van der Waals surface area contributed by atoms with Crippen LogP contribution in [0.3, 0.4) is 0 Å². The van der Waals surface area contributed by atoms with Gasteiger partial charge in [0.05, 0.1) is 10.9 Å². The summed E-state index contributed by atoms with van der Waals surface area (Å²) < 4.78 is 40.0. The third-order valence-corrected chi connectivity index (χ3v) is 5.83. The van der Waals surface area contributed by atoms with Crippen LogP contribution in [-0.2, 0) is 27.8 Å². The number of nitrogens with one attached hydrogen (secondary N) is 1. The molecule has 1 aliphatic heterocycles. The van der Waals surface area contributed by atoms with Crippen molar-refractivity contribution in [2.24, 2.45) is 0 Å². The summed E-state index contributed by atoms with van der Waals surface area (Å²) >= 11 is 0. The van der Waals surface area contributed by atoms with E-state index in [9.17, 15) is 17.6 Å². The van der Waals surface area contributed by atoms with Crippen molar-refractivity contribution in [2.45, 2.75) is 30.8 Å². The SMILES string of the molecule is C[C@@H](NS(=O)(=O)c1ccc(F)cc1)C(=O)N1CCc2ccccc2C1. The van der Waals surface area contributed by atoms with Crippen molar-refractivity contribution < 1.29 is 17.6 Å². The lowest BCUT2D eigenvalue weighted by molar-refractivity contribution is -0.133. The van der Waals surface area contributed by atoms with Gasteiger partial charge in [0, 0.05) is 13.1 Å². The number of benzene rings is 2. The molecule has 0 fully saturated rings. The zero-order valence-electron chi connectivity index (χ0n) is 13.8. The van der Waals surface area contributed by atoms with Crippen molar-refractivity contribution in [3.63, 3.8) is 0 Å². The molecule has 5 nitrogen and oxygen atoms in total. The minimum absolute atomic E-state index is 0.0717. The minimum Gasteiger partial charge on any atom is -0.337 e. The molecule has 0 bridgehead atoms. The Bertz CT molecular complexity index is 881. The molecule has 25 heavy (non-hydrogen) atoms. The molecule has 0 saturated heterocycles. The lowest BCUT2D eigenvalue weighted by Gasteiger charge is -2.31. The van der Waals surface area contributed by atoms with Gasteiger partial charge in [-0.15, -0.1) is 0 Å². The predicted octanol–water partition coefficient (Wildman–Crippen LogP) is 2.08. The van der Waals surface area contributed by atoms with Crippen LogP contribution in [0.25, 0.3) is 0 Å². The molecule has 1 atom stereocenters. The van der Waals surface area contributed by atoms with E-state index in [1.807, 2.05) is 24.3 Å². The molecule has 0 unspecified atom stereocenters. The second-order valence-corrected chi connectivity index (χ2v) is 7.79. The first-order valence-corrected chi connectivity index (χ1v) is 9.48. The topological polar surface area (TPSA) is 66.5 Å². The summed E-state index contributed by atoms with van der Waals surface area (Å²) in [6, 6.07) is 11.5. The second kappa shape index (κ2) is 6.93. The Labute approximate surface area is 146 Å². The first kappa shape index (κ1) is 17.6. The lowest BCUT2D eigenvalue weighted by Crippen LogP contribution is -2.48. The van der Waals surface area contributed by atoms with Crippen molar-refractivity contribution in [3.8, 4) is 0 Å². The van der Waals surface area contributed by atoms with Gasteiger partial charge in [-0.05, 0) is 48.7 Å². The van der Waals surface area contributed by atoms with Crippen LogP contribution >= 0.6 is 0 Å². The highest BCUT2D eigenvalue weighted by Crippen LogP contribution is 2.19. The molecule has 7 heteroatoms. The molecule has 0 aromatic heterocycles. The summed E-state index contributed by atoms with van der Waals surface area (Å²) in [7, 11) is -3.88. The molecular formula is C18H19FN2O3S. The van der Waals surface area contributed by atoms with E-state index < -0.39 is 21.9 Å². The first-order chi connectivity index (χ1) is 11.9. The summed E-state index contributed by atoms with van der Waals surface area (Å²) in [5.41, 5.74) is 2.29. The highest BCUT2D eigenvalue weighted by Gasteiger charge is 2.28. The molecule has 0 saturated carbocycles. The predicted molar refractivity (Wildman–Crippen MR) is 91.7 cm³/mol. The van der Waals surface area contributed by atoms with Crippen LogP contribution in [0, 0.1) is 5.82 Å². The monoisotopic (exact) mass is 362 g/mol. The van der Waals surface area contributed by atoms with Gasteiger partial charge in [-0.25, -0.2) is 12.8 Å². The fraction of sp³-hybridized carbons (Fsp3) is 0.278. The number of halogens is 1. The average Bonchev–Trinajstić information content (AvgIpc) is 2.60. The number of carbonyl (C=O) groups excluding carboxylic acids is 1. The third-order valence-electron chi connectivity index (χ3n) is 4.27. The summed E-state index contributed by atoms with van der Waals surface area (Å²) in [6.07, 6.45) is 0.749. The zero-order valence-corrected chi connectivity index (χ0v) is 14.6. The maximum Gasteiger partial charge on any atom is 0.241 e. The van der Waals surface area contributed by atoms with Gasteiger partial charge in [0.1, 0.15) is 5.82 Å². The van der Waals surface area contributed by atoms with Crippen LogP contribution in [0.1, 0.15) is 18.1 Å². The van der Waals surface area contributed by atoms with Crippen LogP contribution in [0.2, 0.25) is 0 Å². The van der Waals surface area contributed by atoms with Crippen LogP contribution in [0.5, 0.6) is 0 Å². The van der Waals surface area contributed by atoms with Gasteiger partial charge in [-0.2, -0.15) is 4.72 Å². The Balaban J connectivity index is 1.70. The fourth-order valence-electron chi connectivity index (χ4n) is 2.92. The average molecular weight is 362 g/mol. The van der Waals surface area contributed by atoms with E-state index in [1.54, 1.807) is 4.90 Å². The maximum absolute atomic E-state index is 13.0. The number of carbonyl (C=O) groups is 1. The van der Waals surface area contributed by atoms with Crippen LogP contribution in [-0.4, -0.2) is 31.8 Å². The summed E-state index contributed by atoms with van der Waals surface area (Å²) in [5.74, 6) is -0.796. The van der Waals surface area contributed by atoms with Gasteiger partial charge in [0.15, 0.2) is 0 Å². The third kappa shape index (κ3) is 3.88. The highest BCUT2D eigenvalue weighted by atomic mass is 32.2. The van der Waals surface area contributed by atoms with E-state index in [-0.39, 0.29) is 10.8 Å². The largest absolute Gasteiger partial charge is 0.337 e. The molecule has 1 N–H and O–H groups in total. The van der Waals surface area contributed by atoms with Gasteiger partial charge in [-0.3, -0.25) is 4.79 Å². The van der Waals surface area contributed by atoms with Gasteiger partial charge < -0.3 is 4.90 Å². The van der Waals surface area contributed by atoms with Crippen molar-refractivity contribution in [3.05, 3.63) is 65.5 Å². The number of rotatable bonds is 4.